The number of hydrogen-bond acceptors (Lipinski definition) is 4. The molecule has 0 bridgehead atoms. The zero-order valence-corrected chi connectivity index (χ0v) is 19.5. The molecule has 0 saturated heterocycles. The first-order valence-corrected chi connectivity index (χ1v) is 12.8. The van der Waals surface area contributed by atoms with Gasteiger partial charge in [0.1, 0.15) is 17.7 Å². The predicted molar refractivity (Wildman–Crippen MR) is 114 cm³/mol. The van der Waals surface area contributed by atoms with Gasteiger partial charge in [0.15, 0.2) is 8.32 Å². The number of carbonyl (C=O) groups excluding carboxylic acids is 1. The van der Waals surface area contributed by atoms with Crippen LogP contribution in [0.25, 0.3) is 0 Å². The summed E-state index contributed by atoms with van der Waals surface area (Å²) in [5.74, 6) is 0. The van der Waals surface area contributed by atoms with Gasteiger partial charge in [-0.15, -0.1) is 0 Å². The van der Waals surface area contributed by atoms with Crippen LogP contribution in [0.4, 0.5) is 4.79 Å². The fourth-order valence-electron chi connectivity index (χ4n) is 2.48. The smallest absolute Gasteiger partial charge is 0.435 e. The van der Waals surface area contributed by atoms with Gasteiger partial charge < -0.3 is 9.16 Å². The fraction of sp³-hybridized carbons (Fsp3) is 0.591. The van der Waals surface area contributed by atoms with E-state index in [4.69, 9.17) is 14.0 Å². The maximum atomic E-state index is 12.8. The molecule has 2 atom stereocenters. The normalized spacial score (nSPS) is 20.9. The van der Waals surface area contributed by atoms with E-state index in [2.05, 4.69) is 33.9 Å². The molecule has 0 saturated carbocycles. The monoisotopic (exact) mass is 405 g/mol. The molecule has 0 unspecified atom stereocenters. The van der Waals surface area contributed by atoms with Crippen molar-refractivity contribution in [1.29, 1.82) is 0 Å². The molecule has 0 aromatic heterocycles. The van der Waals surface area contributed by atoms with Crippen LogP contribution in [0.1, 0.15) is 53.2 Å². The van der Waals surface area contributed by atoms with Gasteiger partial charge in [-0.25, -0.2) is 4.79 Å². The van der Waals surface area contributed by atoms with Gasteiger partial charge >= 0.3 is 6.09 Å². The Morgan fingerprint density at radius 3 is 2.21 bits per heavy atom. The van der Waals surface area contributed by atoms with Crippen molar-refractivity contribution in [1.82, 2.24) is 5.06 Å². The molecule has 0 N–H and O–H groups in total. The highest BCUT2D eigenvalue weighted by molar-refractivity contribution is 6.74. The van der Waals surface area contributed by atoms with Crippen molar-refractivity contribution in [3.63, 3.8) is 0 Å². The summed E-state index contributed by atoms with van der Waals surface area (Å²) in [7, 11) is -1.95. The number of amides is 1. The van der Waals surface area contributed by atoms with Gasteiger partial charge in [-0.05, 0) is 44.5 Å². The molecule has 1 aliphatic heterocycles. The van der Waals surface area contributed by atoms with Crippen LogP contribution in [0.15, 0.2) is 42.5 Å². The quantitative estimate of drug-likeness (QED) is 0.465. The van der Waals surface area contributed by atoms with E-state index in [1.54, 1.807) is 0 Å². The zero-order valence-electron chi connectivity index (χ0n) is 18.5. The first-order valence-electron chi connectivity index (χ1n) is 9.86. The number of carbonyl (C=O) groups is 1. The largest absolute Gasteiger partial charge is 0.442 e. The minimum Gasteiger partial charge on any atom is -0.442 e. The van der Waals surface area contributed by atoms with E-state index in [9.17, 15) is 4.79 Å². The van der Waals surface area contributed by atoms with Gasteiger partial charge in [0.25, 0.3) is 0 Å². The van der Waals surface area contributed by atoms with E-state index in [0.29, 0.717) is 6.61 Å². The Kier molecular flexibility index (Phi) is 6.79. The van der Waals surface area contributed by atoms with E-state index in [1.807, 2.05) is 63.3 Å². The number of ether oxygens (including phenoxy) is 1. The SMILES string of the molecule is CC(C)(C)OC(=O)N1O[C@H](c2ccccc2)C=C[C@@H]1CO[Si](C)(C)C(C)(C)C. The molecule has 1 amide bonds. The molecular weight excluding hydrogens is 370 g/mol. The molecule has 2 rings (SSSR count). The van der Waals surface area contributed by atoms with Crippen molar-refractivity contribution in [3.8, 4) is 0 Å². The second-order valence-corrected chi connectivity index (χ2v) is 14.6. The molecule has 5 nitrogen and oxygen atoms in total. The second kappa shape index (κ2) is 8.39. The molecule has 0 aliphatic carbocycles. The third-order valence-electron chi connectivity index (χ3n) is 5.16. The predicted octanol–water partition coefficient (Wildman–Crippen LogP) is 5.86. The third-order valence-corrected chi connectivity index (χ3v) is 9.66. The van der Waals surface area contributed by atoms with Gasteiger partial charge in [0.05, 0.1) is 6.61 Å². The Labute approximate surface area is 170 Å². The highest BCUT2D eigenvalue weighted by Gasteiger charge is 2.40. The van der Waals surface area contributed by atoms with E-state index in [1.165, 1.54) is 5.06 Å². The Hall–Kier alpha value is -1.63. The number of hydrogen-bond donors (Lipinski definition) is 0. The molecule has 6 heteroatoms. The Bertz CT molecular complexity index is 689. The number of nitrogens with zero attached hydrogens (tertiary/aromatic N) is 1. The average Bonchev–Trinajstić information content (AvgIpc) is 2.58. The van der Waals surface area contributed by atoms with Crippen molar-refractivity contribution >= 4 is 14.4 Å². The summed E-state index contributed by atoms with van der Waals surface area (Å²) in [5, 5.41) is 1.42. The maximum Gasteiger partial charge on any atom is 0.435 e. The summed E-state index contributed by atoms with van der Waals surface area (Å²) in [4.78, 5) is 18.9. The lowest BCUT2D eigenvalue weighted by Gasteiger charge is -2.40. The van der Waals surface area contributed by atoms with Crippen LogP contribution in [0, 0.1) is 0 Å². The van der Waals surface area contributed by atoms with E-state index in [-0.39, 0.29) is 17.2 Å². The standard InChI is InChI=1S/C22H35NO4Si/c1-21(2,3)26-20(24)23-18(16-25-28(7,8)22(4,5)6)14-15-19(27-23)17-12-10-9-11-13-17/h9-15,18-19H,16H2,1-8H3/t18-,19+/m1/s1. The Balaban J connectivity index is 2.21. The van der Waals surface area contributed by atoms with Crippen molar-refractivity contribution in [2.45, 2.75) is 77.4 Å². The maximum absolute atomic E-state index is 12.8. The number of hydroxylamine groups is 2. The minimum absolute atomic E-state index is 0.0928. The van der Waals surface area contributed by atoms with Gasteiger partial charge in [-0.3, -0.25) is 4.84 Å². The molecule has 1 aromatic rings. The molecule has 1 aliphatic rings. The summed E-state index contributed by atoms with van der Waals surface area (Å²) in [6.45, 7) is 16.9. The van der Waals surface area contributed by atoms with E-state index in [0.717, 1.165) is 5.56 Å². The second-order valence-electron chi connectivity index (χ2n) is 9.77. The van der Waals surface area contributed by atoms with Crippen molar-refractivity contribution < 1.29 is 18.8 Å². The van der Waals surface area contributed by atoms with Crippen LogP contribution in [0.2, 0.25) is 18.1 Å². The molecule has 1 aromatic carbocycles. The Morgan fingerprint density at radius 2 is 1.68 bits per heavy atom. The highest BCUT2D eigenvalue weighted by atomic mass is 28.4. The van der Waals surface area contributed by atoms with Crippen LogP contribution in [0.3, 0.4) is 0 Å². The van der Waals surface area contributed by atoms with Gasteiger partial charge in [-0.1, -0.05) is 63.3 Å². The van der Waals surface area contributed by atoms with Crippen molar-refractivity contribution in [2.75, 3.05) is 6.61 Å². The minimum atomic E-state index is -1.95. The molecule has 28 heavy (non-hydrogen) atoms. The molecule has 0 radical (unpaired) electrons. The summed E-state index contributed by atoms with van der Waals surface area (Å²) < 4.78 is 11.9. The van der Waals surface area contributed by atoms with Crippen LogP contribution in [-0.2, 0) is 14.0 Å². The summed E-state index contributed by atoms with van der Waals surface area (Å²) in [5.41, 5.74) is 0.380. The van der Waals surface area contributed by atoms with Crippen molar-refractivity contribution in [3.05, 3.63) is 48.0 Å². The molecular formula is C22H35NO4Si. The fourth-order valence-corrected chi connectivity index (χ4v) is 3.50. The van der Waals surface area contributed by atoms with Gasteiger partial charge in [-0.2, -0.15) is 5.06 Å². The summed E-state index contributed by atoms with van der Waals surface area (Å²) in [6, 6.07) is 9.50. The molecule has 156 valence electrons. The van der Waals surface area contributed by atoms with Crippen LogP contribution >= 0.6 is 0 Å². The van der Waals surface area contributed by atoms with E-state index >= 15 is 0 Å². The van der Waals surface area contributed by atoms with Crippen LogP contribution in [-0.4, -0.2) is 37.7 Å². The van der Waals surface area contributed by atoms with Gasteiger partial charge in [0.2, 0.25) is 0 Å². The number of benzene rings is 1. The lowest BCUT2D eigenvalue weighted by atomic mass is 10.1. The molecule has 0 spiro atoms. The lowest BCUT2D eigenvalue weighted by molar-refractivity contribution is -0.196. The molecule has 1 heterocycles. The van der Waals surface area contributed by atoms with Crippen molar-refractivity contribution in [2.24, 2.45) is 0 Å². The van der Waals surface area contributed by atoms with E-state index < -0.39 is 20.0 Å². The Morgan fingerprint density at radius 1 is 1.07 bits per heavy atom. The van der Waals surface area contributed by atoms with Crippen LogP contribution in [0.5, 0.6) is 0 Å². The first kappa shape index (κ1) is 22.7. The first-order chi connectivity index (χ1) is 12.8. The van der Waals surface area contributed by atoms with Crippen LogP contribution < -0.4 is 0 Å². The topological polar surface area (TPSA) is 48.0 Å². The number of rotatable bonds is 4. The zero-order chi connectivity index (χ0) is 21.2. The summed E-state index contributed by atoms with van der Waals surface area (Å²) in [6.07, 6.45) is 3.13. The highest BCUT2D eigenvalue weighted by Crippen LogP contribution is 2.37. The summed E-state index contributed by atoms with van der Waals surface area (Å²) >= 11 is 0. The van der Waals surface area contributed by atoms with Gasteiger partial charge in [0, 0.05) is 0 Å². The average molecular weight is 406 g/mol. The third kappa shape index (κ3) is 5.93. The lowest BCUT2D eigenvalue weighted by Crippen LogP contribution is -2.50. The molecule has 0 fully saturated rings.